The summed E-state index contributed by atoms with van der Waals surface area (Å²) in [7, 11) is 1.21. The minimum Gasteiger partial charge on any atom is -0.328 e. The molecule has 15 heavy (non-hydrogen) atoms. The summed E-state index contributed by atoms with van der Waals surface area (Å²) >= 11 is 0. The average molecular weight is 234 g/mol. The lowest BCUT2D eigenvalue weighted by atomic mass is 10.1. The molecule has 0 rings (SSSR count). The van der Waals surface area contributed by atoms with Crippen LogP contribution in [0.25, 0.3) is 0 Å². The van der Waals surface area contributed by atoms with Crippen molar-refractivity contribution in [3.8, 4) is 0 Å². The summed E-state index contributed by atoms with van der Waals surface area (Å²) in [5.41, 5.74) is 0. The number of hydrogen-bond acceptors (Lipinski definition) is 3. The van der Waals surface area contributed by atoms with Gasteiger partial charge in [-0.15, -0.1) is 0 Å². The molecule has 0 heterocycles. The van der Waals surface area contributed by atoms with E-state index >= 15 is 0 Å². The van der Waals surface area contributed by atoms with E-state index in [0.717, 1.165) is 6.42 Å². The van der Waals surface area contributed by atoms with Gasteiger partial charge in [0, 0.05) is 36.5 Å². The van der Waals surface area contributed by atoms with Gasteiger partial charge in [-0.3, -0.25) is 0 Å². The Balaban J connectivity index is 4.44. The Hall–Kier alpha value is 0.0969. The van der Waals surface area contributed by atoms with Crippen molar-refractivity contribution in [1.29, 1.82) is 0 Å². The van der Waals surface area contributed by atoms with Gasteiger partial charge in [0.2, 0.25) is 0 Å². The maximum absolute atomic E-state index is 5.65. The van der Waals surface area contributed by atoms with E-state index in [2.05, 4.69) is 6.92 Å². The number of hydrogen-bond donors (Lipinski definition) is 0. The maximum atomic E-state index is 5.65. The number of ether oxygens (including phenoxy) is 3. The van der Waals surface area contributed by atoms with Crippen LogP contribution in [0.2, 0.25) is 6.04 Å². The maximum Gasteiger partial charge on any atom is 0.283 e. The van der Waals surface area contributed by atoms with E-state index in [1.807, 2.05) is 20.8 Å². The van der Waals surface area contributed by atoms with E-state index < -0.39 is 5.97 Å². The van der Waals surface area contributed by atoms with Crippen molar-refractivity contribution in [2.45, 2.75) is 46.1 Å². The van der Waals surface area contributed by atoms with E-state index in [9.17, 15) is 0 Å². The van der Waals surface area contributed by atoms with Gasteiger partial charge in [0.1, 0.15) is 0 Å². The first kappa shape index (κ1) is 15.1. The molecule has 0 saturated carbocycles. The highest BCUT2D eigenvalue weighted by Crippen LogP contribution is 2.26. The van der Waals surface area contributed by atoms with Gasteiger partial charge < -0.3 is 14.2 Å². The van der Waals surface area contributed by atoms with Crippen LogP contribution in [0.4, 0.5) is 0 Å². The van der Waals surface area contributed by atoms with Crippen LogP contribution < -0.4 is 0 Å². The largest absolute Gasteiger partial charge is 0.328 e. The molecule has 1 unspecified atom stereocenters. The van der Waals surface area contributed by atoms with Crippen molar-refractivity contribution in [1.82, 2.24) is 0 Å². The second-order valence-corrected chi connectivity index (χ2v) is 4.52. The van der Waals surface area contributed by atoms with Gasteiger partial charge in [-0.25, -0.2) is 0 Å². The van der Waals surface area contributed by atoms with Crippen LogP contribution in [0, 0.1) is 5.92 Å². The van der Waals surface area contributed by atoms with Crippen LogP contribution in [0.15, 0.2) is 0 Å². The Labute approximate surface area is 96.9 Å². The molecule has 0 saturated heterocycles. The van der Waals surface area contributed by atoms with Gasteiger partial charge in [-0.1, -0.05) is 13.0 Å². The van der Waals surface area contributed by atoms with Crippen molar-refractivity contribution < 1.29 is 14.2 Å². The van der Waals surface area contributed by atoms with Crippen LogP contribution in [-0.4, -0.2) is 36.0 Å². The third kappa shape index (κ3) is 5.66. The Morgan fingerprint density at radius 3 is 1.67 bits per heavy atom. The summed E-state index contributed by atoms with van der Waals surface area (Å²) in [5, 5.41) is 0. The predicted octanol–water partition coefficient (Wildman–Crippen LogP) is 1.56. The molecule has 0 amide bonds. The zero-order chi connectivity index (χ0) is 11.7. The van der Waals surface area contributed by atoms with Crippen molar-refractivity contribution in [2.24, 2.45) is 5.92 Å². The molecular formula is C11H26O3Si. The van der Waals surface area contributed by atoms with Gasteiger partial charge in [0.25, 0.3) is 5.97 Å². The Morgan fingerprint density at radius 1 is 1.00 bits per heavy atom. The van der Waals surface area contributed by atoms with Crippen molar-refractivity contribution in [3.63, 3.8) is 0 Å². The minimum atomic E-state index is -0.803. The second-order valence-electron chi connectivity index (χ2n) is 3.70. The summed E-state index contributed by atoms with van der Waals surface area (Å²) in [6, 6.07) is 1.25. The molecule has 4 heteroatoms. The van der Waals surface area contributed by atoms with E-state index in [1.54, 1.807) is 0 Å². The lowest BCUT2D eigenvalue weighted by Gasteiger charge is -2.34. The van der Waals surface area contributed by atoms with Crippen LogP contribution in [0.1, 0.15) is 34.1 Å². The molecule has 0 aliphatic heterocycles. The summed E-state index contributed by atoms with van der Waals surface area (Å²) in [6.07, 6.45) is 0.825. The minimum absolute atomic E-state index is 0.598. The summed E-state index contributed by atoms with van der Waals surface area (Å²) in [5.74, 6) is -0.205. The zero-order valence-corrected chi connectivity index (χ0v) is 12.8. The molecule has 0 aromatic rings. The first-order valence-corrected chi connectivity index (χ1v) is 7.47. The fraction of sp³-hybridized carbons (Fsp3) is 1.00. The molecule has 0 N–H and O–H groups in total. The lowest BCUT2D eigenvalue weighted by Crippen LogP contribution is -2.41. The first-order chi connectivity index (χ1) is 7.14. The van der Waals surface area contributed by atoms with Gasteiger partial charge in [0.05, 0.1) is 0 Å². The van der Waals surface area contributed by atoms with Crippen molar-refractivity contribution >= 4 is 10.2 Å². The molecule has 0 aromatic carbocycles. The summed E-state index contributed by atoms with van der Waals surface area (Å²) in [4.78, 5) is 0. The standard InChI is InChI=1S/C11H26O3Si/c1-5-12-11(13-6-2,14-7-3)8-10(4)9-15/h10H,5-9H2,1-4,15H3. The van der Waals surface area contributed by atoms with E-state index in [0.29, 0.717) is 25.7 Å². The molecule has 0 bridgehead atoms. The van der Waals surface area contributed by atoms with Crippen LogP contribution in [-0.2, 0) is 14.2 Å². The third-order valence-electron chi connectivity index (χ3n) is 2.39. The molecule has 0 aliphatic carbocycles. The second kappa shape index (κ2) is 8.27. The van der Waals surface area contributed by atoms with Gasteiger partial charge in [-0.2, -0.15) is 0 Å². The molecule has 0 aromatic heterocycles. The van der Waals surface area contributed by atoms with E-state index in [1.165, 1.54) is 16.3 Å². The third-order valence-corrected chi connectivity index (χ3v) is 3.78. The number of rotatable bonds is 9. The molecule has 0 fully saturated rings. The summed E-state index contributed by atoms with van der Waals surface area (Å²) in [6.45, 7) is 9.99. The fourth-order valence-corrected chi connectivity index (χ4v) is 1.82. The average Bonchev–Trinajstić information content (AvgIpc) is 2.18. The van der Waals surface area contributed by atoms with Crippen LogP contribution in [0.3, 0.4) is 0 Å². The van der Waals surface area contributed by atoms with E-state index in [4.69, 9.17) is 14.2 Å². The highest BCUT2D eigenvalue weighted by atomic mass is 28.1. The molecule has 0 radical (unpaired) electrons. The molecule has 92 valence electrons. The van der Waals surface area contributed by atoms with Crippen molar-refractivity contribution in [2.75, 3.05) is 19.8 Å². The van der Waals surface area contributed by atoms with Crippen LogP contribution >= 0.6 is 0 Å². The molecule has 1 atom stereocenters. The van der Waals surface area contributed by atoms with Gasteiger partial charge in [-0.05, 0) is 26.7 Å². The molecule has 0 spiro atoms. The molecular weight excluding hydrogens is 208 g/mol. The molecule has 3 nitrogen and oxygen atoms in total. The SMILES string of the molecule is CCOC(CC(C)C[SiH3])(OCC)OCC. The molecule has 0 aliphatic rings. The Morgan fingerprint density at radius 2 is 1.40 bits per heavy atom. The lowest BCUT2D eigenvalue weighted by molar-refractivity contribution is -0.382. The Kier molecular flexibility index (Phi) is 8.33. The topological polar surface area (TPSA) is 27.7 Å². The smallest absolute Gasteiger partial charge is 0.283 e. The highest BCUT2D eigenvalue weighted by molar-refractivity contribution is 6.08. The quantitative estimate of drug-likeness (QED) is 0.448. The van der Waals surface area contributed by atoms with Gasteiger partial charge in [0.15, 0.2) is 0 Å². The predicted molar refractivity (Wildman–Crippen MR) is 66.1 cm³/mol. The first-order valence-electron chi connectivity index (χ1n) is 6.05. The normalized spacial score (nSPS) is 14.4. The fourth-order valence-electron chi connectivity index (χ4n) is 1.53. The van der Waals surface area contributed by atoms with Gasteiger partial charge >= 0.3 is 0 Å². The van der Waals surface area contributed by atoms with E-state index in [-0.39, 0.29) is 0 Å². The monoisotopic (exact) mass is 234 g/mol. The zero-order valence-electron chi connectivity index (χ0n) is 10.8. The Bertz CT molecular complexity index is 136. The van der Waals surface area contributed by atoms with Crippen molar-refractivity contribution in [3.05, 3.63) is 0 Å². The summed E-state index contributed by atoms with van der Waals surface area (Å²) < 4.78 is 17.0. The highest BCUT2D eigenvalue weighted by Gasteiger charge is 2.33. The van der Waals surface area contributed by atoms with Crippen LogP contribution in [0.5, 0.6) is 0 Å².